The van der Waals surface area contributed by atoms with Crippen molar-refractivity contribution >= 4 is 5.78 Å². The highest BCUT2D eigenvalue weighted by molar-refractivity contribution is 5.85. The van der Waals surface area contributed by atoms with E-state index in [1.165, 1.54) is 6.08 Å². The smallest absolute Gasteiger partial charge is 0.151 e. The SMILES string of the molecule is N#C[C@@]1(CC(=O)[C@@H](N)CC2=CC=CC2F)C[C@@H]1C1C=CC=CC1. The lowest BCUT2D eigenvalue weighted by molar-refractivity contribution is -0.121. The van der Waals surface area contributed by atoms with Crippen LogP contribution < -0.4 is 5.73 Å². The van der Waals surface area contributed by atoms with Gasteiger partial charge in [-0.15, -0.1) is 0 Å². The largest absolute Gasteiger partial charge is 0.321 e. The van der Waals surface area contributed by atoms with Crippen LogP contribution in [0.1, 0.15) is 25.7 Å². The van der Waals surface area contributed by atoms with Crippen molar-refractivity contribution in [2.45, 2.75) is 37.9 Å². The predicted octanol–water partition coefficient (Wildman–Crippen LogP) is 3.16. The summed E-state index contributed by atoms with van der Waals surface area (Å²) in [6.45, 7) is 0. The molecular formula is C19H21FN2O. The summed E-state index contributed by atoms with van der Waals surface area (Å²) in [5, 5.41) is 9.55. The number of hydrogen-bond donors (Lipinski definition) is 1. The van der Waals surface area contributed by atoms with Gasteiger partial charge in [0.15, 0.2) is 5.78 Å². The Balaban J connectivity index is 1.57. The van der Waals surface area contributed by atoms with Crippen LogP contribution in [0.25, 0.3) is 0 Å². The molecule has 3 nitrogen and oxygen atoms in total. The number of allylic oxidation sites excluding steroid dienone is 7. The molecular weight excluding hydrogens is 291 g/mol. The van der Waals surface area contributed by atoms with E-state index < -0.39 is 17.6 Å². The van der Waals surface area contributed by atoms with Crippen molar-refractivity contribution in [3.05, 3.63) is 48.1 Å². The van der Waals surface area contributed by atoms with Crippen molar-refractivity contribution in [2.24, 2.45) is 23.0 Å². The van der Waals surface area contributed by atoms with Crippen LogP contribution in [0.15, 0.2) is 48.1 Å². The van der Waals surface area contributed by atoms with E-state index in [1.54, 1.807) is 12.2 Å². The number of nitrogens with two attached hydrogens (primary N) is 1. The fourth-order valence-corrected chi connectivity index (χ4v) is 3.65. The van der Waals surface area contributed by atoms with Gasteiger partial charge in [0, 0.05) is 6.42 Å². The van der Waals surface area contributed by atoms with E-state index in [4.69, 9.17) is 5.73 Å². The number of rotatable bonds is 6. The molecule has 4 heteroatoms. The lowest BCUT2D eigenvalue weighted by atomic mass is 9.86. The van der Waals surface area contributed by atoms with Gasteiger partial charge in [0.05, 0.1) is 17.5 Å². The van der Waals surface area contributed by atoms with Crippen LogP contribution in [0.2, 0.25) is 0 Å². The molecule has 2 unspecified atom stereocenters. The van der Waals surface area contributed by atoms with Crippen molar-refractivity contribution < 1.29 is 9.18 Å². The lowest BCUT2D eigenvalue weighted by Gasteiger charge is -2.18. The highest BCUT2D eigenvalue weighted by Gasteiger charge is 2.58. The Bertz CT molecular complexity index is 655. The molecule has 2 N–H and O–H groups in total. The maximum absolute atomic E-state index is 13.5. The molecule has 0 aliphatic heterocycles. The molecule has 0 aromatic rings. The van der Waals surface area contributed by atoms with Gasteiger partial charge < -0.3 is 5.73 Å². The van der Waals surface area contributed by atoms with Crippen molar-refractivity contribution in [3.63, 3.8) is 0 Å². The standard InChI is InChI=1S/C19H21FN2O/c20-16-8-4-7-14(16)9-17(22)18(23)11-19(12-21)10-15(19)13-5-2-1-3-6-13/h1-5,7-8,13,15-17H,6,9-11,22H2/t13?,15-,16?,17+,19+/m1/s1. The summed E-state index contributed by atoms with van der Waals surface area (Å²) >= 11 is 0. The monoisotopic (exact) mass is 312 g/mol. The number of hydrogen-bond acceptors (Lipinski definition) is 3. The summed E-state index contributed by atoms with van der Waals surface area (Å²) in [5.41, 5.74) is 5.92. The zero-order valence-electron chi connectivity index (χ0n) is 13.0. The maximum atomic E-state index is 13.5. The molecule has 1 fully saturated rings. The molecule has 23 heavy (non-hydrogen) atoms. The Labute approximate surface area is 136 Å². The molecule has 0 saturated heterocycles. The molecule has 0 spiro atoms. The number of nitrogens with zero attached hydrogens (tertiary/aromatic N) is 1. The normalized spacial score (nSPS) is 35.7. The predicted molar refractivity (Wildman–Crippen MR) is 86.9 cm³/mol. The average molecular weight is 312 g/mol. The highest BCUT2D eigenvalue weighted by atomic mass is 19.1. The van der Waals surface area contributed by atoms with Gasteiger partial charge in [0.25, 0.3) is 0 Å². The average Bonchev–Trinajstić information content (AvgIpc) is 3.15. The number of ketones is 1. The first-order valence-electron chi connectivity index (χ1n) is 8.10. The summed E-state index contributed by atoms with van der Waals surface area (Å²) in [7, 11) is 0. The molecule has 3 aliphatic carbocycles. The van der Waals surface area contributed by atoms with Gasteiger partial charge >= 0.3 is 0 Å². The highest BCUT2D eigenvalue weighted by Crippen LogP contribution is 2.60. The molecule has 0 bridgehead atoms. The molecule has 5 atom stereocenters. The molecule has 0 heterocycles. The Morgan fingerprint density at radius 3 is 2.87 bits per heavy atom. The van der Waals surface area contributed by atoms with Gasteiger partial charge in [-0.2, -0.15) is 5.26 Å². The molecule has 1 saturated carbocycles. The van der Waals surface area contributed by atoms with Crippen LogP contribution in [-0.4, -0.2) is 18.0 Å². The number of halogens is 1. The van der Waals surface area contributed by atoms with E-state index >= 15 is 0 Å². The van der Waals surface area contributed by atoms with Crippen LogP contribution in [0, 0.1) is 28.6 Å². The third kappa shape index (κ3) is 3.20. The molecule has 0 amide bonds. The van der Waals surface area contributed by atoms with E-state index in [-0.39, 0.29) is 24.5 Å². The van der Waals surface area contributed by atoms with Gasteiger partial charge in [0.2, 0.25) is 0 Å². The van der Waals surface area contributed by atoms with E-state index in [2.05, 4.69) is 18.2 Å². The second kappa shape index (κ2) is 6.25. The summed E-state index contributed by atoms with van der Waals surface area (Å²) in [6, 6.07) is 1.62. The molecule has 3 rings (SSSR count). The molecule has 3 aliphatic rings. The quantitative estimate of drug-likeness (QED) is 0.819. The third-order valence-electron chi connectivity index (χ3n) is 5.19. The zero-order valence-corrected chi connectivity index (χ0v) is 13.0. The van der Waals surface area contributed by atoms with Gasteiger partial charge in [-0.25, -0.2) is 4.39 Å². The van der Waals surface area contributed by atoms with E-state index in [0.717, 1.165) is 12.8 Å². The van der Waals surface area contributed by atoms with Crippen LogP contribution in [-0.2, 0) is 4.79 Å². The third-order valence-corrected chi connectivity index (χ3v) is 5.19. The topological polar surface area (TPSA) is 66.9 Å². The maximum Gasteiger partial charge on any atom is 0.151 e. The second-order valence-electron chi connectivity index (χ2n) is 6.77. The summed E-state index contributed by atoms with van der Waals surface area (Å²) in [5.74, 6) is 0.427. The molecule has 0 radical (unpaired) electrons. The summed E-state index contributed by atoms with van der Waals surface area (Å²) in [6.07, 6.45) is 13.9. The Morgan fingerprint density at radius 1 is 1.43 bits per heavy atom. The minimum atomic E-state index is -1.13. The van der Waals surface area contributed by atoms with Crippen molar-refractivity contribution in [2.75, 3.05) is 0 Å². The fourth-order valence-electron chi connectivity index (χ4n) is 3.65. The first-order chi connectivity index (χ1) is 11.1. The minimum absolute atomic E-state index is 0.135. The minimum Gasteiger partial charge on any atom is -0.321 e. The van der Waals surface area contributed by atoms with Gasteiger partial charge in [-0.1, -0.05) is 36.5 Å². The van der Waals surface area contributed by atoms with Crippen molar-refractivity contribution in [3.8, 4) is 6.07 Å². The first kappa shape index (κ1) is 15.9. The van der Waals surface area contributed by atoms with Crippen LogP contribution in [0.3, 0.4) is 0 Å². The van der Waals surface area contributed by atoms with Crippen molar-refractivity contribution in [1.29, 1.82) is 5.26 Å². The number of carbonyl (C=O) groups is 1. The number of carbonyl (C=O) groups excluding carboxylic acids is 1. The van der Waals surface area contributed by atoms with E-state index in [1.807, 2.05) is 12.2 Å². The second-order valence-corrected chi connectivity index (χ2v) is 6.77. The Morgan fingerprint density at radius 2 is 2.26 bits per heavy atom. The number of alkyl halides is 1. The Kier molecular flexibility index (Phi) is 4.32. The summed E-state index contributed by atoms with van der Waals surface area (Å²) < 4.78 is 13.5. The van der Waals surface area contributed by atoms with Crippen LogP contribution in [0.5, 0.6) is 0 Å². The number of Topliss-reactive ketones (excluding diaryl/α,β-unsaturated/α-hetero) is 1. The van der Waals surface area contributed by atoms with Crippen molar-refractivity contribution in [1.82, 2.24) is 0 Å². The van der Waals surface area contributed by atoms with Gasteiger partial charge in [-0.05, 0) is 42.7 Å². The lowest BCUT2D eigenvalue weighted by Crippen LogP contribution is -2.33. The molecule has 0 aromatic carbocycles. The molecule has 0 aromatic heterocycles. The van der Waals surface area contributed by atoms with Crippen LogP contribution >= 0.6 is 0 Å². The first-order valence-corrected chi connectivity index (χ1v) is 8.10. The van der Waals surface area contributed by atoms with Gasteiger partial charge in [-0.3, -0.25) is 4.79 Å². The molecule has 120 valence electrons. The zero-order chi connectivity index (χ0) is 16.4. The van der Waals surface area contributed by atoms with E-state index in [0.29, 0.717) is 11.5 Å². The van der Waals surface area contributed by atoms with Gasteiger partial charge in [0.1, 0.15) is 6.17 Å². The Hall–Kier alpha value is -1.99. The fraction of sp³-hybridized carbons (Fsp3) is 0.474. The summed E-state index contributed by atoms with van der Waals surface area (Å²) in [4.78, 5) is 12.4. The number of nitriles is 1. The van der Waals surface area contributed by atoms with Crippen LogP contribution in [0.4, 0.5) is 4.39 Å². The van der Waals surface area contributed by atoms with E-state index in [9.17, 15) is 14.4 Å².